The molecule has 20 heavy (non-hydrogen) atoms. The predicted octanol–water partition coefficient (Wildman–Crippen LogP) is 5.21. The van der Waals surface area contributed by atoms with E-state index in [2.05, 4.69) is 29.6 Å². The van der Waals surface area contributed by atoms with Crippen molar-refractivity contribution >= 4 is 35.6 Å². The molecule has 0 bridgehead atoms. The first kappa shape index (κ1) is 15.7. The molecule has 1 aliphatic rings. The van der Waals surface area contributed by atoms with Gasteiger partial charge >= 0.3 is 0 Å². The summed E-state index contributed by atoms with van der Waals surface area (Å²) in [6, 6.07) is 14.8. The van der Waals surface area contributed by atoms with Crippen LogP contribution in [0.5, 0.6) is 0 Å². The monoisotopic (exact) mass is 327 g/mol. The van der Waals surface area contributed by atoms with E-state index >= 15 is 0 Å². The number of nitrogens with one attached hydrogen (secondary N) is 1. The molecular weight excluding hydrogens is 313 g/mol. The van der Waals surface area contributed by atoms with E-state index in [1.807, 2.05) is 25.2 Å². The van der Waals surface area contributed by atoms with Gasteiger partial charge in [-0.25, -0.2) is 0 Å². The number of hydrogen-bond acceptors (Lipinski definition) is 1. The fourth-order valence-electron chi connectivity index (χ4n) is 2.99. The summed E-state index contributed by atoms with van der Waals surface area (Å²) in [5.41, 5.74) is 3.91. The molecule has 4 heteroatoms. The van der Waals surface area contributed by atoms with E-state index in [1.54, 1.807) is 0 Å². The lowest BCUT2D eigenvalue weighted by Crippen LogP contribution is -2.13. The molecule has 0 aromatic heterocycles. The highest BCUT2D eigenvalue weighted by molar-refractivity contribution is 6.35. The quantitative estimate of drug-likeness (QED) is 0.798. The van der Waals surface area contributed by atoms with E-state index < -0.39 is 0 Å². The minimum Gasteiger partial charge on any atom is -0.313 e. The fraction of sp³-hybridized carbons (Fsp3) is 0.250. The van der Waals surface area contributed by atoms with Crippen LogP contribution in [0.25, 0.3) is 0 Å². The Morgan fingerprint density at radius 1 is 1.00 bits per heavy atom. The van der Waals surface area contributed by atoms with Crippen LogP contribution >= 0.6 is 35.6 Å². The Balaban J connectivity index is 0.00000147. The molecule has 1 nitrogen and oxygen atoms in total. The molecule has 0 radical (unpaired) electrons. The molecule has 0 saturated carbocycles. The molecule has 2 unspecified atom stereocenters. The Kier molecular flexibility index (Phi) is 4.98. The third kappa shape index (κ3) is 2.68. The first-order valence-corrected chi connectivity index (χ1v) is 7.17. The summed E-state index contributed by atoms with van der Waals surface area (Å²) in [5, 5.41) is 4.82. The maximum atomic E-state index is 6.36. The molecule has 2 aromatic carbocycles. The van der Waals surface area contributed by atoms with Crippen molar-refractivity contribution in [3.8, 4) is 0 Å². The van der Waals surface area contributed by atoms with Crippen molar-refractivity contribution in [2.45, 2.75) is 18.4 Å². The number of rotatable bonds is 2. The number of benzene rings is 2. The van der Waals surface area contributed by atoms with Gasteiger partial charge in [-0.15, -0.1) is 12.4 Å². The average molecular weight is 329 g/mol. The van der Waals surface area contributed by atoms with Gasteiger partial charge in [-0.1, -0.05) is 53.5 Å². The van der Waals surface area contributed by atoms with E-state index in [-0.39, 0.29) is 12.4 Å². The molecular formula is C16H16Cl3N. The lowest BCUT2D eigenvalue weighted by Gasteiger charge is -2.14. The Bertz CT molecular complexity index is 612. The fourth-order valence-corrected chi connectivity index (χ4v) is 3.53. The van der Waals surface area contributed by atoms with Crippen LogP contribution in [0.15, 0.2) is 42.5 Å². The van der Waals surface area contributed by atoms with E-state index in [0.29, 0.717) is 17.0 Å². The summed E-state index contributed by atoms with van der Waals surface area (Å²) >= 11 is 12.3. The minimum atomic E-state index is 0. The standard InChI is InChI=1S/C16H15Cl2N.ClH/c1-19-16-9-14(11-4-2-3-5-13(11)16)12-7-6-10(17)8-15(12)18;/h2-8,14,16,19H,9H2,1H3;1H. The third-order valence-electron chi connectivity index (χ3n) is 3.90. The summed E-state index contributed by atoms with van der Waals surface area (Å²) in [4.78, 5) is 0. The van der Waals surface area contributed by atoms with E-state index in [9.17, 15) is 0 Å². The van der Waals surface area contributed by atoms with E-state index in [4.69, 9.17) is 23.2 Å². The zero-order chi connectivity index (χ0) is 13.4. The number of halogens is 3. The molecule has 1 aliphatic carbocycles. The highest BCUT2D eigenvalue weighted by atomic mass is 35.5. The topological polar surface area (TPSA) is 12.0 Å². The number of fused-ring (bicyclic) bond motifs is 1. The second-order valence-electron chi connectivity index (χ2n) is 4.92. The Morgan fingerprint density at radius 2 is 1.70 bits per heavy atom. The average Bonchev–Trinajstić information content (AvgIpc) is 2.78. The van der Waals surface area contributed by atoms with Crippen molar-refractivity contribution < 1.29 is 0 Å². The Hall–Kier alpha value is -0.730. The summed E-state index contributed by atoms with van der Waals surface area (Å²) in [6.45, 7) is 0. The van der Waals surface area contributed by atoms with Crippen LogP contribution in [0.2, 0.25) is 10.0 Å². The van der Waals surface area contributed by atoms with Crippen LogP contribution in [-0.4, -0.2) is 7.05 Å². The van der Waals surface area contributed by atoms with Crippen molar-refractivity contribution in [2.75, 3.05) is 7.05 Å². The molecule has 0 amide bonds. The Morgan fingerprint density at radius 3 is 2.35 bits per heavy atom. The van der Waals surface area contributed by atoms with Gasteiger partial charge in [0.25, 0.3) is 0 Å². The van der Waals surface area contributed by atoms with Crippen molar-refractivity contribution in [2.24, 2.45) is 0 Å². The summed E-state index contributed by atoms with van der Waals surface area (Å²) < 4.78 is 0. The largest absolute Gasteiger partial charge is 0.313 e. The van der Waals surface area contributed by atoms with Gasteiger partial charge in [-0.05, 0) is 42.3 Å². The van der Waals surface area contributed by atoms with E-state index in [0.717, 1.165) is 17.0 Å². The predicted molar refractivity (Wildman–Crippen MR) is 88.4 cm³/mol. The zero-order valence-corrected chi connectivity index (χ0v) is 13.4. The lowest BCUT2D eigenvalue weighted by atomic mass is 9.93. The van der Waals surface area contributed by atoms with E-state index in [1.165, 1.54) is 11.1 Å². The van der Waals surface area contributed by atoms with Gasteiger partial charge in [0, 0.05) is 22.0 Å². The SMILES string of the molecule is CNC1CC(c2ccc(Cl)cc2Cl)c2ccccc21.Cl. The smallest absolute Gasteiger partial charge is 0.0459 e. The molecule has 0 spiro atoms. The van der Waals surface area contributed by atoms with Gasteiger partial charge < -0.3 is 5.32 Å². The van der Waals surface area contributed by atoms with Crippen molar-refractivity contribution in [1.82, 2.24) is 5.32 Å². The maximum absolute atomic E-state index is 6.36. The van der Waals surface area contributed by atoms with Crippen LogP contribution in [0, 0.1) is 0 Å². The molecule has 0 heterocycles. The van der Waals surface area contributed by atoms with Gasteiger partial charge in [-0.3, -0.25) is 0 Å². The van der Waals surface area contributed by atoms with Gasteiger partial charge in [0.1, 0.15) is 0 Å². The van der Waals surface area contributed by atoms with Crippen LogP contribution in [-0.2, 0) is 0 Å². The molecule has 0 aliphatic heterocycles. The minimum absolute atomic E-state index is 0. The highest BCUT2D eigenvalue weighted by Gasteiger charge is 2.31. The summed E-state index contributed by atoms with van der Waals surface area (Å²) in [7, 11) is 2.01. The number of hydrogen-bond donors (Lipinski definition) is 1. The molecule has 0 fully saturated rings. The summed E-state index contributed by atoms with van der Waals surface area (Å²) in [6.07, 6.45) is 1.04. The lowest BCUT2D eigenvalue weighted by molar-refractivity contribution is 0.564. The van der Waals surface area contributed by atoms with Gasteiger partial charge in [-0.2, -0.15) is 0 Å². The van der Waals surface area contributed by atoms with Crippen LogP contribution in [0.4, 0.5) is 0 Å². The second-order valence-corrected chi connectivity index (χ2v) is 5.77. The van der Waals surface area contributed by atoms with Crippen LogP contribution < -0.4 is 5.32 Å². The first-order valence-electron chi connectivity index (χ1n) is 6.41. The summed E-state index contributed by atoms with van der Waals surface area (Å²) in [5.74, 6) is 0.346. The van der Waals surface area contributed by atoms with Crippen molar-refractivity contribution in [3.05, 3.63) is 69.2 Å². The Labute approximate surface area is 135 Å². The van der Waals surface area contributed by atoms with Gasteiger partial charge in [0.2, 0.25) is 0 Å². The van der Waals surface area contributed by atoms with Gasteiger partial charge in [0.05, 0.1) is 0 Å². The maximum Gasteiger partial charge on any atom is 0.0459 e. The third-order valence-corrected chi connectivity index (χ3v) is 4.47. The highest BCUT2D eigenvalue weighted by Crippen LogP contribution is 2.45. The first-order chi connectivity index (χ1) is 9.20. The van der Waals surface area contributed by atoms with Crippen LogP contribution in [0.1, 0.15) is 35.1 Å². The molecule has 1 N–H and O–H groups in total. The second kappa shape index (κ2) is 6.36. The van der Waals surface area contributed by atoms with Crippen molar-refractivity contribution in [1.29, 1.82) is 0 Å². The van der Waals surface area contributed by atoms with Crippen LogP contribution in [0.3, 0.4) is 0 Å². The molecule has 106 valence electrons. The normalized spacial score (nSPS) is 20.4. The molecule has 2 aromatic rings. The zero-order valence-electron chi connectivity index (χ0n) is 11.1. The molecule has 0 saturated heterocycles. The van der Waals surface area contributed by atoms with Gasteiger partial charge in [0.15, 0.2) is 0 Å². The molecule has 3 rings (SSSR count). The van der Waals surface area contributed by atoms with Crippen molar-refractivity contribution in [3.63, 3.8) is 0 Å². The molecule has 2 atom stereocenters.